The van der Waals surface area contributed by atoms with Crippen molar-refractivity contribution in [2.75, 3.05) is 41.0 Å². The molecule has 0 N–H and O–H groups in total. The smallest absolute Gasteiger partial charge is 0.410 e. The normalized spacial score (nSPS) is 20.7. The fourth-order valence-corrected chi connectivity index (χ4v) is 6.61. The van der Waals surface area contributed by atoms with Gasteiger partial charge in [-0.25, -0.2) is 22.8 Å². The molecule has 1 aromatic heterocycles. The molecular formula is C17H22N2O9S2. The zero-order chi connectivity index (χ0) is 22.1. The number of cyclic esters (lactones) is 1. The summed E-state index contributed by atoms with van der Waals surface area (Å²) in [5, 5.41) is 1.38. The van der Waals surface area contributed by atoms with Crippen molar-refractivity contribution in [3.63, 3.8) is 0 Å². The molecule has 1 atom stereocenters. The van der Waals surface area contributed by atoms with E-state index in [1.807, 2.05) is 0 Å². The molecule has 0 bridgehead atoms. The van der Waals surface area contributed by atoms with Gasteiger partial charge in [0.25, 0.3) is 10.0 Å². The Morgan fingerprint density at radius 2 is 1.83 bits per heavy atom. The predicted molar refractivity (Wildman–Crippen MR) is 103 cm³/mol. The van der Waals surface area contributed by atoms with Crippen molar-refractivity contribution in [3.8, 4) is 5.75 Å². The summed E-state index contributed by atoms with van der Waals surface area (Å²) in [5.74, 6) is -1.32. The highest BCUT2D eigenvalue weighted by Crippen LogP contribution is 2.38. The number of sulfonamides is 1. The Labute approximate surface area is 177 Å². The first-order valence-corrected chi connectivity index (χ1v) is 11.3. The second-order valence-electron chi connectivity index (χ2n) is 6.62. The van der Waals surface area contributed by atoms with Crippen molar-refractivity contribution in [1.29, 1.82) is 0 Å². The number of carbonyl (C=O) groups is 3. The Hall–Kier alpha value is -2.38. The van der Waals surface area contributed by atoms with Gasteiger partial charge in [-0.3, -0.25) is 4.90 Å². The van der Waals surface area contributed by atoms with E-state index in [9.17, 15) is 22.8 Å². The summed E-state index contributed by atoms with van der Waals surface area (Å²) in [6.45, 7) is 0.158. The molecule has 1 unspecified atom stereocenters. The minimum atomic E-state index is -3.93. The number of esters is 2. The van der Waals surface area contributed by atoms with E-state index in [1.165, 1.54) is 35.9 Å². The molecule has 3 rings (SSSR count). The molecule has 166 valence electrons. The molecule has 2 saturated heterocycles. The molecule has 30 heavy (non-hydrogen) atoms. The van der Waals surface area contributed by atoms with Crippen LogP contribution in [0.3, 0.4) is 0 Å². The van der Waals surface area contributed by atoms with Gasteiger partial charge in [-0.1, -0.05) is 0 Å². The van der Waals surface area contributed by atoms with Crippen LogP contribution in [-0.4, -0.2) is 88.8 Å². The van der Waals surface area contributed by atoms with Crippen molar-refractivity contribution in [2.24, 2.45) is 0 Å². The maximum absolute atomic E-state index is 13.1. The Balaban J connectivity index is 1.76. The zero-order valence-corrected chi connectivity index (χ0v) is 18.3. The molecule has 3 heterocycles. The van der Waals surface area contributed by atoms with E-state index in [4.69, 9.17) is 14.2 Å². The van der Waals surface area contributed by atoms with Crippen LogP contribution < -0.4 is 4.74 Å². The first kappa shape index (κ1) is 22.3. The van der Waals surface area contributed by atoms with Crippen LogP contribution in [0.2, 0.25) is 0 Å². The minimum Gasteiger partial charge on any atom is -0.494 e. The molecule has 0 aliphatic carbocycles. The Morgan fingerprint density at radius 3 is 2.40 bits per heavy atom. The monoisotopic (exact) mass is 462 g/mol. The summed E-state index contributed by atoms with van der Waals surface area (Å²) in [5.41, 5.74) is 0.0409. The molecule has 2 aliphatic rings. The number of methoxy groups -OCH3 is 3. The quantitative estimate of drug-likeness (QED) is 0.443. The third-order valence-electron chi connectivity index (χ3n) is 5.10. The van der Waals surface area contributed by atoms with Crippen molar-refractivity contribution in [3.05, 3.63) is 10.9 Å². The fourth-order valence-electron chi connectivity index (χ4n) is 3.58. The van der Waals surface area contributed by atoms with Crippen LogP contribution in [0.5, 0.6) is 5.75 Å². The van der Waals surface area contributed by atoms with Crippen LogP contribution in [0, 0.1) is 0 Å². The Bertz CT molecular complexity index is 935. The minimum absolute atomic E-state index is 0.0409. The summed E-state index contributed by atoms with van der Waals surface area (Å²) in [6.07, 6.45) is 0.0213. The SMILES string of the molecule is COC(=O)c1csc(S(=O)(=O)N2CCC(N3C(=O)OCC3C(=O)OC)CC2)c1OC. The van der Waals surface area contributed by atoms with Crippen molar-refractivity contribution in [1.82, 2.24) is 9.21 Å². The largest absolute Gasteiger partial charge is 0.494 e. The maximum Gasteiger partial charge on any atom is 0.410 e. The van der Waals surface area contributed by atoms with Gasteiger partial charge in [0.05, 0.1) is 21.3 Å². The summed E-state index contributed by atoms with van der Waals surface area (Å²) in [4.78, 5) is 37.2. The van der Waals surface area contributed by atoms with Crippen LogP contribution in [-0.2, 0) is 29.0 Å². The van der Waals surface area contributed by atoms with E-state index < -0.39 is 34.1 Å². The van der Waals surface area contributed by atoms with Crippen LogP contribution in [0.1, 0.15) is 23.2 Å². The third kappa shape index (κ3) is 3.84. The number of rotatable bonds is 6. The molecule has 13 heteroatoms. The Kier molecular flexibility index (Phi) is 6.53. The second kappa shape index (κ2) is 8.78. The molecule has 2 fully saturated rings. The fraction of sp³-hybridized carbons (Fsp3) is 0.588. The van der Waals surface area contributed by atoms with Gasteiger partial charge >= 0.3 is 18.0 Å². The average Bonchev–Trinajstić information content (AvgIpc) is 3.36. The average molecular weight is 463 g/mol. The number of hydrogen-bond donors (Lipinski definition) is 0. The van der Waals surface area contributed by atoms with Crippen molar-refractivity contribution in [2.45, 2.75) is 29.1 Å². The van der Waals surface area contributed by atoms with Gasteiger partial charge < -0.3 is 18.9 Å². The van der Waals surface area contributed by atoms with E-state index in [0.717, 1.165) is 11.3 Å². The van der Waals surface area contributed by atoms with E-state index in [1.54, 1.807) is 0 Å². The zero-order valence-electron chi connectivity index (χ0n) is 16.7. The first-order chi connectivity index (χ1) is 14.3. The highest BCUT2D eigenvalue weighted by atomic mass is 32.2. The number of hydrogen-bond acceptors (Lipinski definition) is 10. The van der Waals surface area contributed by atoms with Gasteiger partial charge in [-0.05, 0) is 12.8 Å². The number of carbonyl (C=O) groups excluding carboxylic acids is 3. The lowest BCUT2D eigenvalue weighted by molar-refractivity contribution is -0.145. The van der Waals surface area contributed by atoms with Gasteiger partial charge in [0.15, 0.2) is 16.0 Å². The van der Waals surface area contributed by atoms with Crippen molar-refractivity contribution >= 4 is 39.4 Å². The van der Waals surface area contributed by atoms with Crippen LogP contribution in [0.15, 0.2) is 9.59 Å². The lowest BCUT2D eigenvalue weighted by atomic mass is 10.0. The van der Waals surface area contributed by atoms with Gasteiger partial charge in [0, 0.05) is 24.5 Å². The molecule has 0 radical (unpaired) electrons. The standard InChI is InChI=1S/C17H22N2O9S2/c1-25-13-11(14(20)26-2)9-29-16(13)30(23,24)18-6-4-10(5-7-18)19-12(15(21)27-3)8-28-17(19)22/h9-10,12H,4-8H2,1-3H3. The predicted octanol–water partition coefficient (Wildman–Crippen LogP) is 0.690. The first-order valence-electron chi connectivity index (χ1n) is 9.03. The highest BCUT2D eigenvalue weighted by Gasteiger charge is 2.45. The highest BCUT2D eigenvalue weighted by molar-refractivity contribution is 7.91. The van der Waals surface area contributed by atoms with E-state index in [0.29, 0.717) is 12.8 Å². The third-order valence-corrected chi connectivity index (χ3v) is 8.47. The molecule has 2 aliphatic heterocycles. The molecule has 0 saturated carbocycles. The maximum atomic E-state index is 13.1. The van der Waals surface area contributed by atoms with E-state index in [-0.39, 0.29) is 41.3 Å². The lowest BCUT2D eigenvalue weighted by Crippen LogP contribution is -2.51. The van der Waals surface area contributed by atoms with Crippen LogP contribution >= 0.6 is 11.3 Å². The van der Waals surface area contributed by atoms with E-state index >= 15 is 0 Å². The van der Waals surface area contributed by atoms with E-state index in [2.05, 4.69) is 4.74 Å². The summed E-state index contributed by atoms with van der Waals surface area (Å²) in [7, 11) is -0.215. The number of piperidine rings is 1. The summed E-state index contributed by atoms with van der Waals surface area (Å²) >= 11 is 0.878. The molecule has 0 spiro atoms. The van der Waals surface area contributed by atoms with Crippen molar-refractivity contribution < 1.29 is 41.7 Å². The molecule has 1 aromatic rings. The van der Waals surface area contributed by atoms with Gasteiger partial charge in [-0.2, -0.15) is 4.31 Å². The van der Waals surface area contributed by atoms with Gasteiger partial charge in [-0.15, -0.1) is 11.3 Å². The van der Waals surface area contributed by atoms with Crippen LogP contribution in [0.25, 0.3) is 0 Å². The number of nitrogens with zero attached hydrogens (tertiary/aromatic N) is 2. The molecular weight excluding hydrogens is 440 g/mol. The summed E-state index contributed by atoms with van der Waals surface area (Å²) < 4.78 is 47.0. The number of thiophene rings is 1. The lowest BCUT2D eigenvalue weighted by Gasteiger charge is -2.36. The number of ether oxygens (including phenoxy) is 4. The topological polar surface area (TPSA) is 129 Å². The van der Waals surface area contributed by atoms with Gasteiger partial charge in [0.1, 0.15) is 12.2 Å². The molecule has 1 amide bonds. The van der Waals surface area contributed by atoms with Gasteiger partial charge in [0.2, 0.25) is 0 Å². The number of amides is 1. The molecule has 0 aromatic carbocycles. The summed E-state index contributed by atoms with van der Waals surface area (Å²) in [6, 6.07) is -1.19. The Morgan fingerprint density at radius 1 is 1.17 bits per heavy atom. The molecule has 11 nitrogen and oxygen atoms in total. The van der Waals surface area contributed by atoms with Crippen LogP contribution in [0.4, 0.5) is 4.79 Å². The second-order valence-corrected chi connectivity index (χ2v) is 9.63.